The van der Waals surface area contributed by atoms with Crippen LogP contribution in [0.2, 0.25) is 0 Å². The number of likely N-dealkylation sites (N-methyl/N-ethyl adjacent to an activating group) is 1. The highest BCUT2D eigenvalue weighted by molar-refractivity contribution is 4.94. The molecule has 1 fully saturated rings. The Bertz CT molecular complexity index is 285. The summed E-state index contributed by atoms with van der Waals surface area (Å²) < 4.78 is 0. The highest BCUT2D eigenvalue weighted by Crippen LogP contribution is 2.42. The van der Waals surface area contributed by atoms with Crippen LogP contribution in [0.3, 0.4) is 0 Å². The average molecular weight is 269 g/mol. The van der Waals surface area contributed by atoms with Gasteiger partial charge < -0.3 is 5.11 Å². The van der Waals surface area contributed by atoms with Crippen molar-refractivity contribution < 1.29 is 5.11 Å². The summed E-state index contributed by atoms with van der Waals surface area (Å²) in [4.78, 5) is 2.43. The van der Waals surface area contributed by atoms with Gasteiger partial charge in [-0.15, -0.1) is 0 Å². The Hall–Kier alpha value is -0.0800. The fourth-order valence-corrected chi connectivity index (χ4v) is 3.24. The molecule has 1 N–H and O–H groups in total. The van der Waals surface area contributed by atoms with Crippen LogP contribution in [0, 0.1) is 11.3 Å². The van der Waals surface area contributed by atoms with E-state index in [-0.39, 0.29) is 11.6 Å². The van der Waals surface area contributed by atoms with E-state index in [1.807, 2.05) is 0 Å². The zero-order valence-corrected chi connectivity index (χ0v) is 14.2. The van der Waals surface area contributed by atoms with Crippen LogP contribution in [0.1, 0.15) is 73.6 Å². The van der Waals surface area contributed by atoms with Crippen molar-refractivity contribution in [1.29, 1.82) is 0 Å². The molecule has 0 spiro atoms. The third-order valence-corrected chi connectivity index (χ3v) is 6.11. The molecule has 0 aliphatic heterocycles. The van der Waals surface area contributed by atoms with E-state index in [1.54, 1.807) is 0 Å². The molecule has 0 aromatic carbocycles. The second kappa shape index (κ2) is 6.13. The Balaban J connectivity index is 2.82. The van der Waals surface area contributed by atoms with E-state index >= 15 is 0 Å². The van der Waals surface area contributed by atoms with E-state index in [0.717, 1.165) is 25.2 Å². The van der Waals surface area contributed by atoms with Gasteiger partial charge in [-0.25, -0.2) is 0 Å². The van der Waals surface area contributed by atoms with Gasteiger partial charge in [-0.3, -0.25) is 4.90 Å². The summed E-state index contributed by atoms with van der Waals surface area (Å²) in [5, 5.41) is 10.4. The van der Waals surface area contributed by atoms with Gasteiger partial charge in [0.15, 0.2) is 0 Å². The van der Waals surface area contributed by atoms with Crippen molar-refractivity contribution in [2.75, 3.05) is 7.05 Å². The number of aliphatic hydroxyl groups is 1. The van der Waals surface area contributed by atoms with Gasteiger partial charge in [0.2, 0.25) is 0 Å². The maximum Gasteiger partial charge on any atom is 0.0695 e. The van der Waals surface area contributed by atoms with Crippen molar-refractivity contribution in [2.24, 2.45) is 11.3 Å². The summed E-state index contributed by atoms with van der Waals surface area (Å²) in [6.07, 6.45) is 5.47. The third-order valence-electron chi connectivity index (χ3n) is 6.11. The van der Waals surface area contributed by atoms with E-state index in [2.05, 4.69) is 53.5 Å². The van der Waals surface area contributed by atoms with Crippen LogP contribution in [0.4, 0.5) is 0 Å². The molecule has 0 radical (unpaired) electrons. The van der Waals surface area contributed by atoms with Crippen LogP contribution in [0.25, 0.3) is 0 Å². The molecule has 0 amide bonds. The predicted molar refractivity (Wildman–Crippen MR) is 83.3 cm³/mol. The topological polar surface area (TPSA) is 23.5 Å². The first-order valence-corrected chi connectivity index (χ1v) is 8.06. The number of rotatable bonds is 5. The molecule has 0 saturated heterocycles. The lowest BCUT2D eigenvalue weighted by atomic mass is 9.67. The molecular formula is C17H35NO. The van der Waals surface area contributed by atoms with Gasteiger partial charge in [0.1, 0.15) is 0 Å². The molecule has 0 bridgehead atoms. The second-order valence-corrected chi connectivity index (χ2v) is 7.76. The van der Waals surface area contributed by atoms with Crippen LogP contribution >= 0.6 is 0 Å². The van der Waals surface area contributed by atoms with Gasteiger partial charge in [-0.05, 0) is 57.9 Å². The van der Waals surface area contributed by atoms with Crippen molar-refractivity contribution in [3.8, 4) is 0 Å². The summed E-state index contributed by atoms with van der Waals surface area (Å²) >= 11 is 0. The number of hydrogen-bond acceptors (Lipinski definition) is 2. The molecule has 1 saturated carbocycles. The lowest BCUT2D eigenvalue weighted by Gasteiger charge is -2.49. The molecule has 0 aromatic rings. The first kappa shape index (κ1) is 17.0. The van der Waals surface area contributed by atoms with Crippen molar-refractivity contribution >= 4 is 0 Å². The third kappa shape index (κ3) is 3.72. The minimum Gasteiger partial charge on any atom is -0.391 e. The van der Waals surface area contributed by atoms with Crippen LogP contribution in [-0.2, 0) is 0 Å². The average Bonchev–Trinajstić information content (AvgIpc) is 2.38. The molecule has 114 valence electrons. The van der Waals surface area contributed by atoms with E-state index in [9.17, 15) is 5.11 Å². The van der Waals surface area contributed by atoms with Crippen molar-refractivity contribution in [3.05, 3.63) is 0 Å². The summed E-state index contributed by atoms with van der Waals surface area (Å²) in [5.41, 5.74) is 0.569. The first-order valence-electron chi connectivity index (χ1n) is 8.06. The molecular weight excluding hydrogens is 234 g/mol. The fraction of sp³-hybridized carbons (Fsp3) is 1.00. The Kier molecular flexibility index (Phi) is 5.48. The molecule has 0 heterocycles. The molecule has 1 aliphatic carbocycles. The lowest BCUT2D eigenvalue weighted by molar-refractivity contribution is -0.0453. The Labute approximate surface area is 120 Å². The van der Waals surface area contributed by atoms with E-state index in [4.69, 9.17) is 0 Å². The molecule has 0 aromatic heterocycles. The quantitative estimate of drug-likeness (QED) is 0.813. The Morgan fingerprint density at radius 1 is 1.05 bits per heavy atom. The second-order valence-electron chi connectivity index (χ2n) is 7.76. The minimum atomic E-state index is -0.153. The van der Waals surface area contributed by atoms with Gasteiger partial charge in [0, 0.05) is 11.6 Å². The first-order chi connectivity index (χ1) is 8.65. The van der Waals surface area contributed by atoms with Crippen molar-refractivity contribution in [1.82, 2.24) is 4.90 Å². The number of nitrogens with zero attached hydrogens (tertiary/aromatic N) is 1. The molecule has 2 heteroatoms. The van der Waals surface area contributed by atoms with Gasteiger partial charge in [-0.1, -0.05) is 34.1 Å². The van der Waals surface area contributed by atoms with Crippen molar-refractivity contribution in [3.63, 3.8) is 0 Å². The molecule has 1 aliphatic rings. The monoisotopic (exact) mass is 269 g/mol. The van der Waals surface area contributed by atoms with Gasteiger partial charge in [0.05, 0.1) is 6.10 Å². The summed E-state index contributed by atoms with van der Waals surface area (Å²) in [5.74, 6) is 0.737. The highest BCUT2D eigenvalue weighted by Gasteiger charge is 2.40. The number of aliphatic hydroxyl groups excluding tert-OH is 1. The Morgan fingerprint density at radius 2 is 1.63 bits per heavy atom. The molecule has 1 rings (SSSR count). The zero-order chi connectivity index (χ0) is 14.8. The van der Waals surface area contributed by atoms with Crippen LogP contribution < -0.4 is 0 Å². The SMILES string of the molecule is CCC(C)(C)C1CCC(O)C(N(C)C(C)(C)CC)C1. The van der Waals surface area contributed by atoms with E-state index in [0.29, 0.717) is 11.5 Å². The molecule has 2 nitrogen and oxygen atoms in total. The maximum absolute atomic E-state index is 10.4. The predicted octanol–water partition coefficient (Wildman–Crippen LogP) is 4.07. The summed E-state index contributed by atoms with van der Waals surface area (Å²) in [6, 6.07) is 0.319. The molecule has 19 heavy (non-hydrogen) atoms. The molecule has 3 atom stereocenters. The van der Waals surface area contributed by atoms with Crippen LogP contribution in [-0.4, -0.2) is 34.7 Å². The number of hydrogen-bond donors (Lipinski definition) is 1. The van der Waals surface area contributed by atoms with Gasteiger partial charge >= 0.3 is 0 Å². The van der Waals surface area contributed by atoms with Gasteiger partial charge in [-0.2, -0.15) is 0 Å². The molecule has 3 unspecified atom stereocenters. The van der Waals surface area contributed by atoms with Crippen LogP contribution in [0.5, 0.6) is 0 Å². The zero-order valence-electron chi connectivity index (χ0n) is 14.2. The van der Waals surface area contributed by atoms with E-state index in [1.165, 1.54) is 12.8 Å². The van der Waals surface area contributed by atoms with E-state index < -0.39 is 0 Å². The minimum absolute atomic E-state index is 0.153. The van der Waals surface area contributed by atoms with Crippen LogP contribution in [0.15, 0.2) is 0 Å². The normalized spacial score (nSPS) is 29.8. The Morgan fingerprint density at radius 3 is 2.11 bits per heavy atom. The lowest BCUT2D eigenvalue weighted by Crippen LogP contribution is -2.55. The highest BCUT2D eigenvalue weighted by atomic mass is 16.3. The fourth-order valence-electron chi connectivity index (χ4n) is 3.24. The smallest absolute Gasteiger partial charge is 0.0695 e. The maximum atomic E-state index is 10.4. The van der Waals surface area contributed by atoms with Gasteiger partial charge in [0.25, 0.3) is 0 Å². The largest absolute Gasteiger partial charge is 0.391 e. The standard InChI is InChI=1S/C17H35NO/c1-8-16(3,4)13-10-11-15(19)14(12-13)18(7)17(5,6)9-2/h13-15,19H,8-12H2,1-7H3. The summed E-state index contributed by atoms with van der Waals surface area (Å²) in [6.45, 7) is 13.9. The van der Waals surface area contributed by atoms with Crippen molar-refractivity contribution in [2.45, 2.75) is 91.3 Å². The summed E-state index contributed by atoms with van der Waals surface area (Å²) in [7, 11) is 2.19.